The summed E-state index contributed by atoms with van der Waals surface area (Å²) in [4.78, 5) is 0. The summed E-state index contributed by atoms with van der Waals surface area (Å²) in [5.41, 5.74) is 6.59. The molecule has 1 unspecified atom stereocenters. The van der Waals surface area contributed by atoms with Crippen molar-refractivity contribution in [2.45, 2.75) is 52.4 Å². The molecule has 0 amide bonds. The van der Waals surface area contributed by atoms with Crippen molar-refractivity contribution < 1.29 is 4.74 Å². The lowest BCUT2D eigenvalue weighted by Gasteiger charge is -2.31. The van der Waals surface area contributed by atoms with E-state index in [1.165, 1.54) is 16.7 Å². The number of hydrogen-bond donors (Lipinski definition) is 0. The Morgan fingerprint density at radius 1 is 1.04 bits per heavy atom. The van der Waals surface area contributed by atoms with Gasteiger partial charge < -0.3 is 4.74 Å². The highest BCUT2D eigenvalue weighted by Crippen LogP contribution is 2.42. The minimum absolute atomic E-state index is 0.0210. The summed E-state index contributed by atoms with van der Waals surface area (Å²) in [6.07, 6.45) is 0.811. The van der Waals surface area contributed by atoms with E-state index in [0.29, 0.717) is 0 Å². The van der Waals surface area contributed by atoms with Crippen molar-refractivity contribution in [2.75, 3.05) is 0 Å². The molecule has 0 saturated heterocycles. The molecule has 0 bridgehead atoms. The van der Waals surface area contributed by atoms with Crippen LogP contribution in [0.25, 0.3) is 22.5 Å². The van der Waals surface area contributed by atoms with E-state index in [2.05, 4.69) is 86.5 Å². The predicted molar refractivity (Wildman–Crippen MR) is 104 cm³/mol. The molecule has 4 heteroatoms. The van der Waals surface area contributed by atoms with Gasteiger partial charge in [0.1, 0.15) is 5.69 Å². The molecular weight excluding hydrogens is 322 g/mol. The van der Waals surface area contributed by atoms with Crippen LogP contribution in [-0.4, -0.2) is 20.6 Å². The zero-order valence-corrected chi connectivity index (χ0v) is 15.9. The van der Waals surface area contributed by atoms with Crippen molar-refractivity contribution in [3.05, 3.63) is 59.7 Å². The number of hydrogen-bond acceptors (Lipinski definition) is 3. The van der Waals surface area contributed by atoms with Crippen LogP contribution >= 0.6 is 0 Å². The van der Waals surface area contributed by atoms with Gasteiger partial charge in [-0.1, -0.05) is 53.7 Å². The molecule has 3 aromatic rings. The van der Waals surface area contributed by atoms with Crippen molar-refractivity contribution >= 4 is 0 Å². The minimum atomic E-state index is -0.226. The summed E-state index contributed by atoms with van der Waals surface area (Å²) >= 11 is 0. The number of rotatable bonds is 2. The first kappa shape index (κ1) is 17.0. The first-order chi connectivity index (χ1) is 12.5. The van der Waals surface area contributed by atoms with Crippen LogP contribution in [0.5, 0.6) is 0 Å². The van der Waals surface area contributed by atoms with E-state index >= 15 is 0 Å². The second-order valence-corrected chi connectivity index (χ2v) is 7.77. The summed E-state index contributed by atoms with van der Waals surface area (Å²) in [7, 11) is 0. The van der Waals surface area contributed by atoms with Crippen LogP contribution in [0.3, 0.4) is 0 Å². The fourth-order valence-corrected chi connectivity index (χ4v) is 3.75. The maximum atomic E-state index is 6.49. The molecule has 0 saturated carbocycles. The van der Waals surface area contributed by atoms with E-state index in [-0.39, 0.29) is 11.7 Å². The average molecular weight is 347 g/mol. The van der Waals surface area contributed by atoms with Crippen LogP contribution in [0.1, 0.15) is 44.9 Å². The first-order valence-electron chi connectivity index (χ1n) is 9.27. The third kappa shape index (κ3) is 2.95. The second kappa shape index (κ2) is 6.36. The molecule has 4 nitrogen and oxygen atoms in total. The molecule has 1 heterocycles. The lowest BCUT2D eigenvalue weighted by atomic mass is 9.87. The Kier molecular flexibility index (Phi) is 4.16. The Labute approximate surface area is 154 Å². The lowest BCUT2D eigenvalue weighted by molar-refractivity contribution is -0.0611. The van der Waals surface area contributed by atoms with Crippen LogP contribution in [0, 0.1) is 0 Å². The smallest absolute Gasteiger partial charge is 0.121 e. The van der Waals surface area contributed by atoms with E-state index in [9.17, 15) is 0 Å². The quantitative estimate of drug-likeness (QED) is 0.652. The molecule has 1 aliphatic carbocycles. The molecule has 4 rings (SSSR count). The van der Waals surface area contributed by atoms with Gasteiger partial charge in [-0.05, 0) is 38.8 Å². The summed E-state index contributed by atoms with van der Waals surface area (Å²) < 4.78 is 8.49. The molecule has 134 valence electrons. The van der Waals surface area contributed by atoms with Gasteiger partial charge in [-0.15, -0.1) is 5.10 Å². The van der Waals surface area contributed by atoms with Crippen LogP contribution in [-0.2, 0) is 17.7 Å². The Morgan fingerprint density at radius 2 is 1.73 bits per heavy atom. The zero-order chi connectivity index (χ0) is 18.3. The van der Waals surface area contributed by atoms with Gasteiger partial charge in [-0.2, -0.15) is 0 Å². The van der Waals surface area contributed by atoms with E-state index in [1.54, 1.807) is 0 Å². The first-order valence-corrected chi connectivity index (χ1v) is 9.27. The minimum Gasteiger partial charge on any atom is -0.368 e. The fraction of sp³-hybridized carbons (Fsp3) is 0.364. The predicted octanol–water partition coefficient (Wildman–Crippen LogP) is 5.04. The summed E-state index contributed by atoms with van der Waals surface area (Å²) in [6, 6.07) is 17.0. The van der Waals surface area contributed by atoms with Crippen molar-refractivity contribution in [2.24, 2.45) is 0 Å². The number of aryl methyl sites for hydroxylation is 1. The largest absolute Gasteiger partial charge is 0.368 e. The highest BCUT2D eigenvalue weighted by atomic mass is 16.5. The Morgan fingerprint density at radius 3 is 2.46 bits per heavy atom. The zero-order valence-electron chi connectivity index (χ0n) is 15.9. The van der Waals surface area contributed by atoms with Crippen molar-refractivity contribution in [3.8, 4) is 22.5 Å². The molecule has 26 heavy (non-hydrogen) atoms. The lowest BCUT2D eigenvalue weighted by Crippen LogP contribution is -2.25. The summed E-state index contributed by atoms with van der Waals surface area (Å²) in [5.74, 6) is 0. The second-order valence-electron chi connectivity index (χ2n) is 7.77. The van der Waals surface area contributed by atoms with Crippen LogP contribution < -0.4 is 0 Å². The maximum absolute atomic E-state index is 6.49. The van der Waals surface area contributed by atoms with Gasteiger partial charge in [-0.3, -0.25) is 0 Å². The van der Waals surface area contributed by atoms with E-state index in [1.807, 2.05) is 4.68 Å². The fourth-order valence-electron chi connectivity index (χ4n) is 3.75. The third-order valence-electron chi connectivity index (χ3n) is 4.77. The Balaban J connectivity index is 2.00. The van der Waals surface area contributed by atoms with Crippen molar-refractivity contribution in [1.82, 2.24) is 15.0 Å². The molecule has 0 fully saturated rings. The van der Waals surface area contributed by atoms with Gasteiger partial charge in [0.05, 0.1) is 17.4 Å². The van der Waals surface area contributed by atoms with E-state index in [4.69, 9.17) is 4.74 Å². The number of benzene rings is 2. The third-order valence-corrected chi connectivity index (χ3v) is 4.77. The van der Waals surface area contributed by atoms with Crippen LogP contribution in [0.4, 0.5) is 0 Å². The normalized spacial score (nSPS) is 16.2. The molecule has 0 aliphatic heterocycles. The van der Waals surface area contributed by atoms with Gasteiger partial charge in [0, 0.05) is 24.1 Å². The summed E-state index contributed by atoms with van der Waals surface area (Å²) in [6.45, 7) is 9.23. The maximum Gasteiger partial charge on any atom is 0.121 e. The Hall–Kier alpha value is -2.46. The number of aromatic nitrogens is 3. The van der Waals surface area contributed by atoms with Gasteiger partial charge in [0.2, 0.25) is 0 Å². The van der Waals surface area contributed by atoms with Gasteiger partial charge in [0.15, 0.2) is 0 Å². The molecule has 2 aromatic carbocycles. The topological polar surface area (TPSA) is 39.9 Å². The number of ether oxygens (including phenoxy) is 1. The number of nitrogens with zero attached hydrogens (tertiary/aromatic N) is 3. The van der Waals surface area contributed by atoms with E-state index < -0.39 is 0 Å². The molecule has 1 aromatic heterocycles. The standard InChI is InChI=1S/C22H25N3O/c1-5-25-21-16-11-7-6-10-15(16)14-19(26-22(2,3)4)17-12-8-9-13-18(17)20(21)23-24-25/h6-13,19H,5,14H2,1-4H3. The molecule has 1 aliphatic rings. The Bertz CT molecular complexity index is 937. The monoisotopic (exact) mass is 347 g/mol. The molecule has 0 N–H and O–H groups in total. The molecule has 0 radical (unpaired) electrons. The molecule has 1 atom stereocenters. The average Bonchev–Trinajstić information content (AvgIpc) is 3.03. The highest BCUT2D eigenvalue weighted by molar-refractivity contribution is 5.82. The van der Waals surface area contributed by atoms with Crippen molar-refractivity contribution in [3.63, 3.8) is 0 Å². The van der Waals surface area contributed by atoms with Crippen molar-refractivity contribution in [1.29, 1.82) is 0 Å². The molecular formula is C22H25N3O. The van der Waals surface area contributed by atoms with Crippen LogP contribution in [0.2, 0.25) is 0 Å². The summed E-state index contributed by atoms with van der Waals surface area (Å²) in [5, 5.41) is 8.98. The molecule has 0 spiro atoms. The van der Waals surface area contributed by atoms with E-state index in [0.717, 1.165) is 29.9 Å². The van der Waals surface area contributed by atoms with Crippen LogP contribution in [0.15, 0.2) is 48.5 Å². The number of fused-ring (bicyclic) bond motifs is 5. The highest BCUT2D eigenvalue weighted by Gasteiger charge is 2.30. The SMILES string of the molecule is CCn1nnc2c1-c1ccccc1CC(OC(C)(C)C)c1ccccc1-2. The van der Waals surface area contributed by atoms with Gasteiger partial charge in [-0.25, -0.2) is 4.68 Å². The van der Waals surface area contributed by atoms with Gasteiger partial charge >= 0.3 is 0 Å². The van der Waals surface area contributed by atoms with Gasteiger partial charge in [0.25, 0.3) is 0 Å².